The van der Waals surface area contributed by atoms with Crippen molar-refractivity contribution in [2.75, 3.05) is 26.5 Å². The van der Waals surface area contributed by atoms with Crippen LogP contribution in [0.4, 0.5) is 0 Å². The summed E-state index contributed by atoms with van der Waals surface area (Å²) in [4.78, 5) is 15.0. The summed E-state index contributed by atoms with van der Waals surface area (Å²) in [6, 6.07) is 8.97. The van der Waals surface area contributed by atoms with Crippen LogP contribution >= 0.6 is 22.6 Å². The number of ether oxygens (including phenoxy) is 1. The molecule has 0 saturated carbocycles. The third-order valence-electron chi connectivity index (χ3n) is 5.69. The van der Waals surface area contributed by atoms with Gasteiger partial charge in [-0.05, 0) is 66.0 Å². The molecule has 3 rings (SSSR count). The van der Waals surface area contributed by atoms with E-state index < -0.39 is 10.1 Å². The third kappa shape index (κ3) is 5.46. The summed E-state index contributed by atoms with van der Waals surface area (Å²) in [5.41, 5.74) is 1.20. The first kappa shape index (κ1) is 23.6. The summed E-state index contributed by atoms with van der Waals surface area (Å²) in [5.74, 6) is -0.179. The first-order valence-electron chi connectivity index (χ1n) is 9.23. The summed E-state index contributed by atoms with van der Waals surface area (Å²) < 4.78 is 33.5. The Bertz CT molecular complexity index is 767. The van der Waals surface area contributed by atoms with Gasteiger partial charge >= 0.3 is 5.97 Å². The molecule has 2 fully saturated rings. The number of fused-ring (bicyclic) bond motifs is 2. The molecule has 0 aliphatic carbocycles. The van der Waals surface area contributed by atoms with Gasteiger partial charge in [-0.1, -0.05) is 19.6 Å². The fourth-order valence-electron chi connectivity index (χ4n) is 4.63. The molecule has 2 heterocycles. The molecule has 0 amide bonds. The number of benzene rings is 1. The van der Waals surface area contributed by atoms with Gasteiger partial charge in [0.05, 0.1) is 25.9 Å². The Balaban J connectivity index is 0.00000280. The number of esters is 1. The zero-order chi connectivity index (χ0) is 19.6. The third-order valence-corrected chi connectivity index (χ3v) is 7.01. The molecule has 0 spiro atoms. The number of carbonyl (C=O) groups is 1. The molecule has 28 heavy (non-hydrogen) atoms. The number of rotatable bonds is 7. The van der Waals surface area contributed by atoms with E-state index in [1.165, 1.54) is 16.2 Å². The summed E-state index contributed by atoms with van der Waals surface area (Å²) in [6.45, 7) is 0.913. The van der Waals surface area contributed by atoms with E-state index in [2.05, 4.69) is 51.8 Å². The standard InChI is InChI=1S/C19H26INO5S.CH4/c1-25-19(22)18-16(13-4-6-14(20)7-5-13)12-15-8-9-17(18)21(15)10-3-11-26-27(2,23)24;/h4-7,15-18H,3,8-12H2,1-2H3;1H4/t15-,16+,17+,18-;/m0./s1. The number of carbonyl (C=O) groups excluding carboxylic acids is 1. The molecule has 0 radical (unpaired) electrons. The van der Waals surface area contributed by atoms with Crippen molar-refractivity contribution in [1.29, 1.82) is 0 Å². The number of nitrogens with zero attached hydrogens (tertiary/aromatic N) is 1. The number of hydrogen-bond donors (Lipinski definition) is 0. The molecule has 2 bridgehead atoms. The van der Waals surface area contributed by atoms with Crippen molar-refractivity contribution in [2.45, 2.75) is 51.1 Å². The van der Waals surface area contributed by atoms with Crippen molar-refractivity contribution in [2.24, 2.45) is 5.92 Å². The average molecular weight is 523 g/mol. The maximum Gasteiger partial charge on any atom is 0.310 e. The van der Waals surface area contributed by atoms with Crippen molar-refractivity contribution in [3.8, 4) is 0 Å². The van der Waals surface area contributed by atoms with Gasteiger partial charge in [0.1, 0.15) is 0 Å². The Morgan fingerprint density at radius 2 is 1.93 bits per heavy atom. The van der Waals surface area contributed by atoms with Crippen LogP contribution in [0.5, 0.6) is 0 Å². The van der Waals surface area contributed by atoms with Gasteiger partial charge in [0, 0.05) is 28.1 Å². The number of halogens is 1. The van der Waals surface area contributed by atoms with E-state index in [9.17, 15) is 13.2 Å². The summed E-state index contributed by atoms with van der Waals surface area (Å²) in [6.07, 6.45) is 4.65. The predicted molar refractivity (Wildman–Crippen MR) is 118 cm³/mol. The molecular weight excluding hydrogens is 493 g/mol. The highest BCUT2D eigenvalue weighted by molar-refractivity contribution is 14.1. The van der Waals surface area contributed by atoms with Crippen molar-refractivity contribution >= 4 is 38.7 Å². The van der Waals surface area contributed by atoms with Crippen LogP contribution in [0.15, 0.2) is 24.3 Å². The average Bonchev–Trinajstić information content (AvgIpc) is 2.89. The van der Waals surface area contributed by atoms with E-state index in [1.54, 1.807) is 0 Å². The molecule has 2 aliphatic rings. The van der Waals surface area contributed by atoms with E-state index in [1.807, 2.05) is 0 Å². The lowest BCUT2D eigenvalue weighted by atomic mass is 9.76. The van der Waals surface area contributed by atoms with Gasteiger partial charge in [-0.2, -0.15) is 8.42 Å². The van der Waals surface area contributed by atoms with Crippen molar-refractivity contribution in [1.82, 2.24) is 4.90 Å². The lowest BCUT2D eigenvalue weighted by Crippen LogP contribution is -2.51. The smallest absolute Gasteiger partial charge is 0.310 e. The summed E-state index contributed by atoms with van der Waals surface area (Å²) in [5, 5.41) is 0. The first-order valence-corrected chi connectivity index (χ1v) is 12.1. The minimum Gasteiger partial charge on any atom is -0.469 e. The van der Waals surface area contributed by atoms with E-state index in [4.69, 9.17) is 8.92 Å². The van der Waals surface area contributed by atoms with Crippen LogP contribution in [0.1, 0.15) is 44.6 Å². The maximum absolute atomic E-state index is 12.7. The van der Waals surface area contributed by atoms with Crippen LogP contribution in [0.3, 0.4) is 0 Å². The quantitative estimate of drug-likeness (QED) is 0.236. The SMILES string of the molecule is C.COC(=O)[C@H]1[C@@H](c2ccc(I)cc2)C[C@@H]2CC[C@H]1N2CCCOS(C)(=O)=O. The van der Waals surface area contributed by atoms with E-state index in [0.717, 1.165) is 32.1 Å². The largest absolute Gasteiger partial charge is 0.469 e. The number of methoxy groups -OCH3 is 1. The van der Waals surface area contributed by atoms with Crippen LogP contribution < -0.4 is 0 Å². The second-order valence-electron chi connectivity index (χ2n) is 7.36. The second-order valence-corrected chi connectivity index (χ2v) is 10.2. The van der Waals surface area contributed by atoms with Crippen LogP contribution in [0.25, 0.3) is 0 Å². The zero-order valence-corrected chi connectivity index (χ0v) is 18.6. The van der Waals surface area contributed by atoms with Crippen LogP contribution in [-0.4, -0.2) is 57.9 Å². The molecule has 2 saturated heterocycles. The topological polar surface area (TPSA) is 72.9 Å². The van der Waals surface area contributed by atoms with Crippen LogP contribution in [-0.2, 0) is 23.8 Å². The summed E-state index contributed by atoms with van der Waals surface area (Å²) in [7, 11) is -1.95. The number of piperidine rings is 1. The Hall–Kier alpha value is -0.710. The Labute approximate surface area is 182 Å². The molecule has 0 N–H and O–H groups in total. The highest BCUT2D eigenvalue weighted by Crippen LogP contribution is 2.47. The monoisotopic (exact) mass is 523 g/mol. The molecule has 158 valence electrons. The highest BCUT2D eigenvalue weighted by atomic mass is 127. The molecule has 1 aromatic carbocycles. The fourth-order valence-corrected chi connectivity index (χ4v) is 5.41. The molecule has 6 nitrogen and oxygen atoms in total. The van der Waals surface area contributed by atoms with E-state index in [-0.39, 0.29) is 37.9 Å². The lowest BCUT2D eigenvalue weighted by Gasteiger charge is -2.43. The van der Waals surface area contributed by atoms with Crippen LogP contribution in [0, 0.1) is 9.49 Å². The maximum atomic E-state index is 12.7. The zero-order valence-electron chi connectivity index (χ0n) is 15.6. The molecule has 4 atom stereocenters. The fraction of sp³-hybridized carbons (Fsp3) is 0.650. The minimum absolute atomic E-state index is 0. The van der Waals surface area contributed by atoms with Crippen molar-refractivity contribution < 1.29 is 22.1 Å². The van der Waals surface area contributed by atoms with Gasteiger partial charge in [-0.25, -0.2) is 0 Å². The second kappa shape index (κ2) is 9.86. The summed E-state index contributed by atoms with van der Waals surface area (Å²) >= 11 is 2.29. The Morgan fingerprint density at radius 1 is 1.25 bits per heavy atom. The number of hydrogen-bond acceptors (Lipinski definition) is 6. The van der Waals surface area contributed by atoms with Crippen molar-refractivity contribution in [3.05, 3.63) is 33.4 Å². The van der Waals surface area contributed by atoms with Gasteiger partial charge in [0.2, 0.25) is 0 Å². The van der Waals surface area contributed by atoms with Gasteiger partial charge in [-0.3, -0.25) is 13.9 Å². The van der Waals surface area contributed by atoms with Crippen LogP contribution in [0.2, 0.25) is 0 Å². The normalized spacial score (nSPS) is 27.2. The van der Waals surface area contributed by atoms with E-state index >= 15 is 0 Å². The molecule has 8 heteroatoms. The van der Waals surface area contributed by atoms with Gasteiger partial charge < -0.3 is 4.74 Å². The van der Waals surface area contributed by atoms with E-state index in [0.29, 0.717) is 12.5 Å². The van der Waals surface area contributed by atoms with Crippen molar-refractivity contribution in [3.63, 3.8) is 0 Å². The Kier molecular flexibility index (Phi) is 8.30. The Morgan fingerprint density at radius 3 is 2.54 bits per heavy atom. The molecule has 0 unspecified atom stereocenters. The lowest BCUT2D eigenvalue weighted by molar-refractivity contribution is -0.150. The molecule has 1 aromatic rings. The predicted octanol–water partition coefficient (Wildman–Crippen LogP) is 3.40. The molecule has 0 aromatic heterocycles. The van der Waals surface area contributed by atoms with Gasteiger partial charge in [-0.15, -0.1) is 0 Å². The molecular formula is C20H30INO5S. The minimum atomic E-state index is -3.41. The van der Waals surface area contributed by atoms with Gasteiger partial charge in [0.25, 0.3) is 10.1 Å². The first-order chi connectivity index (χ1) is 12.8. The van der Waals surface area contributed by atoms with Gasteiger partial charge in [0.15, 0.2) is 0 Å². The molecule has 2 aliphatic heterocycles. The highest BCUT2D eigenvalue weighted by Gasteiger charge is 2.50.